The minimum Gasteiger partial charge on any atom is -0.481 e. The first-order valence-electron chi connectivity index (χ1n) is 22.8. The predicted molar refractivity (Wildman–Crippen MR) is 233 cm³/mol. The molecule has 0 unspecified atom stereocenters. The zero-order valence-electron chi connectivity index (χ0n) is 37.9. The molecule has 0 aromatic rings. The van der Waals surface area contributed by atoms with Crippen LogP contribution in [0.15, 0.2) is 0 Å². The van der Waals surface area contributed by atoms with Crippen LogP contribution < -0.4 is 16.0 Å². The van der Waals surface area contributed by atoms with Gasteiger partial charge in [-0.15, -0.1) is 0 Å². The van der Waals surface area contributed by atoms with Gasteiger partial charge in [-0.3, -0.25) is 47.9 Å². The molecule has 0 fully saturated rings. The van der Waals surface area contributed by atoms with E-state index in [1.807, 2.05) is 0 Å². The average molecular weight is 928 g/mol. The molecule has 0 rings (SSSR count). The van der Waals surface area contributed by atoms with Gasteiger partial charge in [0.15, 0.2) is 5.78 Å². The van der Waals surface area contributed by atoms with Crippen LogP contribution in [0.1, 0.15) is 167 Å². The lowest BCUT2D eigenvalue weighted by Gasteiger charge is -2.22. The van der Waals surface area contributed by atoms with Crippen LogP contribution in [0, 0.1) is 17.8 Å². The number of hydrogen-bond donors (Lipinski definition) is 9. The number of Topliss-reactive ketones (excluding diaryl/α,β-unsaturated/α-hetero) is 4. The molecule has 0 spiro atoms. The third-order valence-corrected chi connectivity index (χ3v) is 11.0. The first-order valence-corrected chi connectivity index (χ1v) is 22.8. The molecule has 0 saturated carbocycles. The van der Waals surface area contributed by atoms with Crippen molar-refractivity contribution in [3.05, 3.63) is 0 Å². The Labute approximate surface area is 380 Å². The van der Waals surface area contributed by atoms with Gasteiger partial charge in [0, 0.05) is 51.4 Å². The molecule has 0 aliphatic heterocycles. The van der Waals surface area contributed by atoms with Crippen molar-refractivity contribution in [2.45, 2.75) is 180 Å². The largest absolute Gasteiger partial charge is 0.481 e. The van der Waals surface area contributed by atoms with Gasteiger partial charge < -0.3 is 46.6 Å². The van der Waals surface area contributed by atoms with Crippen LogP contribution in [0.25, 0.3) is 0 Å². The number of ketones is 4. The van der Waals surface area contributed by atoms with E-state index in [0.29, 0.717) is 6.42 Å². The van der Waals surface area contributed by atoms with Crippen LogP contribution in [-0.2, 0) is 52.7 Å². The summed E-state index contributed by atoms with van der Waals surface area (Å²) in [5.74, 6) is -13.7. The standard InChI is InChI=1S/C45H73N3O17/c1-30(51)27-46-42(60)33(29-50)26-38(54)36(21-23-41(58)59)48-43(61)32(28-49)25-35(53)19-20-37(45(64)65)47-39(55)22-18-31(44(62)63)24-34(52)16-14-12-10-8-6-4-2-3-5-7-9-11-13-15-17-40(56)57/h31-33,36-37,49-50H,2-29H2,1H3,(H,46,60)(H,47,55)(H,48,61)(H,56,57)(H,58,59)(H,62,63)(H,64,65)/t31-,32+,33+,36+,37+/m1/s1. The molecule has 5 atom stereocenters. The monoisotopic (exact) mass is 927 g/mol. The van der Waals surface area contributed by atoms with Gasteiger partial charge in [0.05, 0.1) is 43.6 Å². The first kappa shape index (κ1) is 59.9. The lowest BCUT2D eigenvalue weighted by molar-refractivity contribution is -0.145. The highest BCUT2D eigenvalue weighted by Crippen LogP contribution is 2.18. The van der Waals surface area contributed by atoms with E-state index in [1.54, 1.807) is 0 Å². The summed E-state index contributed by atoms with van der Waals surface area (Å²) in [6.07, 6.45) is 10.6. The molecule has 0 bridgehead atoms. The maximum absolute atomic E-state index is 13.0. The van der Waals surface area contributed by atoms with Gasteiger partial charge in [-0.25, -0.2) is 4.79 Å². The number of carboxylic acids is 4. The number of nitrogens with one attached hydrogen (secondary N) is 3. The van der Waals surface area contributed by atoms with Gasteiger partial charge in [0.25, 0.3) is 0 Å². The molecule has 0 saturated heterocycles. The molecule has 9 N–H and O–H groups in total. The molecule has 20 heteroatoms. The molecule has 3 amide bonds. The molecule has 20 nitrogen and oxygen atoms in total. The number of aliphatic hydroxyl groups is 2. The fourth-order valence-electron chi connectivity index (χ4n) is 7.01. The molecule has 0 heterocycles. The number of hydrogen-bond acceptors (Lipinski definition) is 13. The third-order valence-electron chi connectivity index (χ3n) is 11.0. The molecular formula is C45H73N3O17. The zero-order valence-corrected chi connectivity index (χ0v) is 37.9. The topological polar surface area (TPSA) is 345 Å². The minimum absolute atomic E-state index is 0.207. The number of unbranched alkanes of at least 4 members (excludes halogenated alkanes) is 13. The Morgan fingerprint density at radius 3 is 1.34 bits per heavy atom. The van der Waals surface area contributed by atoms with Crippen molar-refractivity contribution in [3.8, 4) is 0 Å². The van der Waals surface area contributed by atoms with Gasteiger partial charge in [0.2, 0.25) is 17.7 Å². The molecule has 0 aromatic heterocycles. The predicted octanol–water partition coefficient (Wildman–Crippen LogP) is 3.29. The summed E-state index contributed by atoms with van der Waals surface area (Å²) in [6.45, 7) is -0.873. The SMILES string of the molecule is CC(=O)CNC(=O)[C@H](CO)CC(=O)[C@H](CCC(=O)O)NC(=O)[C@H](CO)CC(=O)CC[C@H](NC(=O)CC[C@H](CC(=O)CCCCCCCCCCCCCCCCC(=O)O)C(=O)O)C(=O)O. The molecule has 0 aliphatic carbocycles. The summed E-state index contributed by atoms with van der Waals surface area (Å²) in [5, 5.41) is 63.4. The van der Waals surface area contributed by atoms with E-state index in [0.717, 1.165) is 70.6 Å². The van der Waals surface area contributed by atoms with E-state index >= 15 is 0 Å². The van der Waals surface area contributed by atoms with Crippen molar-refractivity contribution in [2.24, 2.45) is 17.8 Å². The van der Waals surface area contributed by atoms with E-state index in [2.05, 4.69) is 16.0 Å². The maximum Gasteiger partial charge on any atom is 0.326 e. The summed E-state index contributed by atoms with van der Waals surface area (Å²) < 4.78 is 0. The van der Waals surface area contributed by atoms with Crippen molar-refractivity contribution in [1.29, 1.82) is 0 Å². The summed E-state index contributed by atoms with van der Waals surface area (Å²) in [6, 6.07) is -3.08. The highest BCUT2D eigenvalue weighted by molar-refractivity contribution is 5.95. The van der Waals surface area contributed by atoms with Crippen LogP contribution in [-0.4, -0.2) is 127 Å². The number of aliphatic hydroxyl groups excluding tert-OH is 2. The van der Waals surface area contributed by atoms with Gasteiger partial charge >= 0.3 is 23.9 Å². The summed E-state index contributed by atoms with van der Waals surface area (Å²) in [4.78, 5) is 133. The molecule has 0 aliphatic rings. The number of amides is 3. The number of aliphatic carboxylic acids is 4. The van der Waals surface area contributed by atoms with Crippen molar-refractivity contribution < 1.29 is 83.4 Å². The summed E-state index contributed by atoms with van der Waals surface area (Å²) in [5.41, 5.74) is 0. The van der Waals surface area contributed by atoms with E-state index in [4.69, 9.17) is 10.2 Å². The second kappa shape index (κ2) is 36.1. The van der Waals surface area contributed by atoms with Crippen LogP contribution in [0.4, 0.5) is 0 Å². The molecule has 370 valence electrons. The van der Waals surface area contributed by atoms with Gasteiger partial charge in [-0.05, 0) is 39.0 Å². The lowest BCUT2D eigenvalue weighted by atomic mass is 9.94. The maximum atomic E-state index is 13.0. The highest BCUT2D eigenvalue weighted by Gasteiger charge is 2.31. The van der Waals surface area contributed by atoms with Crippen LogP contribution in [0.2, 0.25) is 0 Å². The van der Waals surface area contributed by atoms with Gasteiger partial charge in [-0.2, -0.15) is 0 Å². The Morgan fingerprint density at radius 2 is 0.877 bits per heavy atom. The van der Waals surface area contributed by atoms with Crippen molar-refractivity contribution in [2.75, 3.05) is 19.8 Å². The van der Waals surface area contributed by atoms with E-state index in [9.17, 15) is 73.2 Å². The van der Waals surface area contributed by atoms with Crippen LogP contribution >= 0.6 is 0 Å². The summed E-state index contributed by atoms with van der Waals surface area (Å²) >= 11 is 0. The normalized spacial score (nSPS) is 13.3. The molecule has 65 heavy (non-hydrogen) atoms. The van der Waals surface area contributed by atoms with Crippen LogP contribution in [0.3, 0.4) is 0 Å². The Balaban J connectivity index is 4.80. The summed E-state index contributed by atoms with van der Waals surface area (Å²) in [7, 11) is 0. The van der Waals surface area contributed by atoms with Gasteiger partial charge in [0.1, 0.15) is 23.4 Å². The molecular weight excluding hydrogens is 854 g/mol. The van der Waals surface area contributed by atoms with Crippen molar-refractivity contribution >= 4 is 64.7 Å². The first-order chi connectivity index (χ1) is 30.8. The molecule has 0 radical (unpaired) electrons. The van der Waals surface area contributed by atoms with E-state index in [-0.39, 0.29) is 38.0 Å². The number of carbonyl (C=O) groups excluding carboxylic acids is 7. The smallest absolute Gasteiger partial charge is 0.326 e. The fraction of sp³-hybridized carbons (Fsp3) is 0.756. The second-order valence-corrected chi connectivity index (χ2v) is 16.7. The number of carboxylic acid groups (broad SMARTS) is 4. The lowest BCUT2D eigenvalue weighted by Crippen LogP contribution is -2.47. The zero-order chi connectivity index (χ0) is 49.2. The Morgan fingerprint density at radius 1 is 0.431 bits per heavy atom. The minimum atomic E-state index is -1.58. The second-order valence-electron chi connectivity index (χ2n) is 16.7. The van der Waals surface area contributed by atoms with Crippen molar-refractivity contribution in [1.82, 2.24) is 16.0 Å². The Hall–Kier alpha value is -5.11. The number of carbonyl (C=O) groups is 11. The number of rotatable bonds is 43. The molecule has 0 aromatic carbocycles. The Bertz CT molecular complexity index is 1550. The highest BCUT2D eigenvalue weighted by atomic mass is 16.4. The van der Waals surface area contributed by atoms with Crippen molar-refractivity contribution in [3.63, 3.8) is 0 Å². The third kappa shape index (κ3) is 31.4. The van der Waals surface area contributed by atoms with Crippen LogP contribution in [0.5, 0.6) is 0 Å². The average Bonchev–Trinajstić information content (AvgIpc) is 3.24. The van der Waals surface area contributed by atoms with E-state index < -0.39 is 147 Å². The fourth-order valence-corrected chi connectivity index (χ4v) is 7.01. The quantitative estimate of drug-likeness (QED) is 0.0396. The Kier molecular flexibility index (Phi) is 33.3. The van der Waals surface area contributed by atoms with E-state index in [1.165, 1.54) is 19.8 Å². The van der Waals surface area contributed by atoms with Gasteiger partial charge in [-0.1, -0.05) is 77.0 Å².